The normalized spacial score (nSPS) is 21.4. The highest BCUT2D eigenvalue weighted by Gasteiger charge is 2.26. The van der Waals surface area contributed by atoms with E-state index in [1.54, 1.807) is 16.8 Å². The molecule has 2 N–H and O–H groups in total. The number of nitrogens with two attached hydrogens (primary N) is 1. The second kappa shape index (κ2) is 4.00. The molecular weight excluding hydrogens is 214 g/mol. The lowest BCUT2D eigenvalue weighted by Gasteiger charge is -2.20. The Morgan fingerprint density at radius 3 is 3.18 bits per heavy atom. The Labute approximate surface area is 100 Å². The quantitative estimate of drug-likeness (QED) is 0.850. The van der Waals surface area contributed by atoms with Crippen LogP contribution in [0.1, 0.15) is 31.5 Å². The van der Waals surface area contributed by atoms with E-state index in [-0.39, 0.29) is 0 Å². The molecule has 3 heterocycles. The summed E-state index contributed by atoms with van der Waals surface area (Å²) in [5, 5.41) is 4.58. The van der Waals surface area contributed by atoms with Crippen LogP contribution in [0.3, 0.4) is 0 Å². The van der Waals surface area contributed by atoms with Gasteiger partial charge in [-0.2, -0.15) is 9.61 Å². The van der Waals surface area contributed by atoms with Crippen LogP contribution in [0.25, 0.3) is 5.65 Å². The van der Waals surface area contributed by atoms with Crippen LogP contribution in [0.5, 0.6) is 0 Å². The summed E-state index contributed by atoms with van der Waals surface area (Å²) in [5.41, 5.74) is 7.81. The molecule has 1 atom stereocenters. The zero-order chi connectivity index (χ0) is 11.8. The summed E-state index contributed by atoms with van der Waals surface area (Å²) in [6, 6.07) is 4.26. The van der Waals surface area contributed by atoms with Crippen LogP contribution in [-0.4, -0.2) is 32.6 Å². The van der Waals surface area contributed by atoms with E-state index in [9.17, 15) is 0 Å². The maximum atomic E-state index is 5.88. The van der Waals surface area contributed by atoms with E-state index in [4.69, 9.17) is 5.73 Å². The first-order valence-electron chi connectivity index (χ1n) is 6.14. The Morgan fingerprint density at radius 1 is 1.53 bits per heavy atom. The summed E-state index contributed by atoms with van der Waals surface area (Å²) in [6.07, 6.45) is 4.15. The van der Waals surface area contributed by atoms with Gasteiger partial charge in [0, 0.05) is 12.3 Å². The smallest absolute Gasteiger partial charge is 0.157 e. The van der Waals surface area contributed by atoms with Gasteiger partial charge >= 0.3 is 0 Å². The first-order chi connectivity index (χ1) is 8.29. The van der Waals surface area contributed by atoms with Crippen molar-refractivity contribution in [1.29, 1.82) is 0 Å². The Kier molecular flexibility index (Phi) is 2.48. The molecule has 5 heteroatoms. The molecule has 0 radical (unpaired) electrons. The molecule has 1 saturated heterocycles. The molecule has 1 aliphatic heterocycles. The van der Waals surface area contributed by atoms with Gasteiger partial charge in [-0.25, -0.2) is 4.98 Å². The Morgan fingerprint density at radius 2 is 2.41 bits per heavy atom. The minimum absolute atomic E-state index is 0.432. The number of anilines is 1. The molecule has 2 aromatic heterocycles. The summed E-state index contributed by atoms with van der Waals surface area (Å²) >= 11 is 0. The van der Waals surface area contributed by atoms with Crippen molar-refractivity contribution in [2.45, 2.75) is 25.8 Å². The van der Waals surface area contributed by atoms with Crippen molar-refractivity contribution in [3.05, 3.63) is 24.0 Å². The molecule has 0 saturated carbocycles. The molecule has 5 nitrogen and oxygen atoms in total. The van der Waals surface area contributed by atoms with Crippen LogP contribution in [0.4, 0.5) is 5.82 Å². The summed E-state index contributed by atoms with van der Waals surface area (Å²) in [7, 11) is 0. The lowest BCUT2D eigenvalue weighted by atomic mass is 10.1. The van der Waals surface area contributed by atoms with Gasteiger partial charge in [-0.1, -0.05) is 6.92 Å². The minimum Gasteiger partial charge on any atom is -0.384 e. The molecule has 1 unspecified atom stereocenters. The van der Waals surface area contributed by atoms with Gasteiger partial charge in [0.25, 0.3) is 0 Å². The molecule has 90 valence electrons. The zero-order valence-electron chi connectivity index (χ0n) is 10.0. The molecule has 0 spiro atoms. The molecule has 0 aromatic carbocycles. The Hall–Kier alpha value is -1.62. The number of hydrogen-bond acceptors (Lipinski definition) is 4. The predicted octanol–water partition coefficient (Wildman–Crippen LogP) is 1.47. The van der Waals surface area contributed by atoms with Gasteiger partial charge in [0.15, 0.2) is 5.65 Å². The topological polar surface area (TPSA) is 59.5 Å². The fourth-order valence-electron chi connectivity index (χ4n) is 2.63. The van der Waals surface area contributed by atoms with E-state index in [1.807, 2.05) is 0 Å². The number of nitrogens with zero attached hydrogens (tertiary/aromatic N) is 4. The number of rotatable bonds is 2. The SMILES string of the molecule is CCN1CCCC1c1cc2nccc(N)n2n1. The van der Waals surface area contributed by atoms with E-state index in [0.29, 0.717) is 11.9 Å². The monoisotopic (exact) mass is 231 g/mol. The number of likely N-dealkylation sites (tertiary alicyclic amines) is 1. The van der Waals surface area contributed by atoms with Crippen LogP contribution in [-0.2, 0) is 0 Å². The molecule has 0 aliphatic carbocycles. The van der Waals surface area contributed by atoms with Gasteiger partial charge in [-0.15, -0.1) is 0 Å². The van der Waals surface area contributed by atoms with E-state index >= 15 is 0 Å². The van der Waals surface area contributed by atoms with Gasteiger partial charge < -0.3 is 5.73 Å². The van der Waals surface area contributed by atoms with Crippen LogP contribution in [0.15, 0.2) is 18.3 Å². The molecule has 3 rings (SSSR count). The maximum absolute atomic E-state index is 5.88. The summed E-state index contributed by atoms with van der Waals surface area (Å²) in [5.74, 6) is 0.641. The van der Waals surface area contributed by atoms with Crippen LogP contribution < -0.4 is 5.73 Å². The molecule has 2 aromatic rings. The van der Waals surface area contributed by atoms with Gasteiger partial charge in [-0.05, 0) is 32.0 Å². The third kappa shape index (κ3) is 1.67. The fraction of sp³-hybridized carbons (Fsp3) is 0.500. The number of fused-ring (bicyclic) bond motifs is 1. The van der Waals surface area contributed by atoms with E-state index in [1.165, 1.54) is 12.8 Å². The van der Waals surface area contributed by atoms with Gasteiger partial charge in [-0.3, -0.25) is 4.90 Å². The first kappa shape index (κ1) is 10.5. The highest BCUT2D eigenvalue weighted by molar-refractivity contribution is 5.46. The lowest BCUT2D eigenvalue weighted by molar-refractivity contribution is 0.266. The molecular formula is C12H17N5. The molecule has 1 fully saturated rings. The minimum atomic E-state index is 0.432. The van der Waals surface area contributed by atoms with E-state index in [0.717, 1.165) is 24.4 Å². The van der Waals surface area contributed by atoms with Crippen LogP contribution in [0, 0.1) is 0 Å². The third-order valence-corrected chi connectivity index (χ3v) is 3.52. The summed E-state index contributed by atoms with van der Waals surface area (Å²) in [4.78, 5) is 6.74. The largest absolute Gasteiger partial charge is 0.384 e. The van der Waals surface area contributed by atoms with Gasteiger partial charge in [0.1, 0.15) is 5.82 Å². The van der Waals surface area contributed by atoms with E-state index < -0.39 is 0 Å². The predicted molar refractivity (Wildman–Crippen MR) is 66.6 cm³/mol. The number of hydrogen-bond donors (Lipinski definition) is 1. The van der Waals surface area contributed by atoms with Crippen molar-refractivity contribution >= 4 is 11.5 Å². The standard InChI is InChI=1S/C12H17N5/c1-2-16-7-3-4-10(16)9-8-12-14-6-5-11(13)17(12)15-9/h5-6,8,10H,2-4,7,13H2,1H3. The molecule has 1 aliphatic rings. The number of nitrogen functional groups attached to an aromatic ring is 1. The zero-order valence-corrected chi connectivity index (χ0v) is 10.0. The maximum Gasteiger partial charge on any atom is 0.157 e. The summed E-state index contributed by atoms with van der Waals surface area (Å²) in [6.45, 7) is 4.43. The summed E-state index contributed by atoms with van der Waals surface area (Å²) < 4.78 is 1.72. The van der Waals surface area contributed by atoms with Crippen LogP contribution in [0.2, 0.25) is 0 Å². The average Bonchev–Trinajstić information content (AvgIpc) is 2.94. The first-order valence-corrected chi connectivity index (χ1v) is 6.14. The van der Waals surface area contributed by atoms with Crippen molar-refractivity contribution in [3.63, 3.8) is 0 Å². The highest BCUT2D eigenvalue weighted by atomic mass is 15.3. The van der Waals surface area contributed by atoms with Crippen molar-refractivity contribution in [2.24, 2.45) is 0 Å². The van der Waals surface area contributed by atoms with E-state index in [2.05, 4.69) is 28.0 Å². The Balaban J connectivity index is 2.03. The lowest BCUT2D eigenvalue weighted by Crippen LogP contribution is -2.22. The highest BCUT2D eigenvalue weighted by Crippen LogP contribution is 2.31. The number of aromatic nitrogens is 3. The Bertz CT molecular complexity index is 533. The fourth-order valence-corrected chi connectivity index (χ4v) is 2.63. The van der Waals surface area contributed by atoms with Crippen LogP contribution >= 0.6 is 0 Å². The third-order valence-electron chi connectivity index (χ3n) is 3.52. The molecule has 17 heavy (non-hydrogen) atoms. The van der Waals surface area contributed by atoms with Crippen molar-refractivity contribution < 1.29 is 0 Å². The average molecular weight is 231 g/mol. The molecule has 0 bridgehead atoms. The second-order valence-corrected chi connectivity index (χ2v) is 4.50. The van der Waals surface area contributed by atoms with Crippen molar-refractivity contribution in [2.75, 3.05) is 18.8 Å². The van der Waals surface area contributed by atoms with Crippen molar-refractivity contribution in [1.82, 2.24) is 19.5 Å². The van der Waals surface area contributed by atoms with Gasteiger partial charge in [0.2, 0.25) is 0 Å². The van der Waals surface area contributed by atoms with Crippen molar-refractivity contribution in [3.8, 4) is 0 Å². The molecule has 0 amide bonds. The second-order valence-electron chi connectivity index (χ2n) is 4.50. The van der Waals surface area contributed by atoms with Gasteiger partial charge in [0.05, 0.1) is 11.7 Å².